The van der Waals surface area contributed by atoms with Crippen LogP contribution < -0.4 is 0 Å². The summed E-state index contributed by atoms with van der Waals surface area (Å²) in [5, 5.41) is 0. The Morgan fingerprint density at radius 1 is 1.21 bits per heavy atom. The molecule has 0 spiro atoms. The zero-order chi connectivity index (χ0) is 15.0. The van der Waals surface area contributed by atoms with E-state index >= 15 is 0 Å². The van der Waals surface area contributed by atoms with Crippen LogP contribution in [0.15, 0.2) is 16.6 Å². The van der Waals surface area contributed by atoms with E-state index in [9.17, 15) is 22.4 Å². The smallest absolute Gasteiger partial charge is 0.417 e. The van der Waals surface area contributed by atoms with Crippen LogP contribution in [0, 0.1) is 5.82 Å². The molecule has 0 aliphatic heterocycles. The normalized spacial score (nSPS) is 12.4. The average Bonchev–Trinajstić information content (AvgIpc) is 2.11. The Morgan fingerprint density at radius 3 is 2.16 bits per heavy atom. The highest BCUT2D eigenvalue weighted by Crippen LogP contribution is 2.37. The van der Waals surface area contributed by atoms with Crippen molar-refractivity contribution in [3.63, 3.8) is 0 Å². The molecule has 0 aliphatic rings. The number of esters is 1. The van der Waals surface area contributed by atoms with E-state index < -0.39 is 39.2 Å². The molecule has 19 heavy (non-hydrogen) atoms. The van der Waals surface area contributed by atoms with Gasteiger partial charge in [-0.1, -0.05) is 0 Å². The van der Waals surface area contributed by atoms with Crippen LogP contribution in [0.25, 0.3) is 0 Å². The molecule has 106 valence electrons. The van der Waals surface area contributed by atoms with E-state index in [-0.39, 0.29) is 0 Å². The van der Waals surface area contributed by atoms with Crippen LogP contribution in [-0.4, -0.2) is 11.6 Å². The number of halogens is 5. The SMILES string of the molecule is CC(C)(C)OC(=O)c1c(F)ccc(C(F)(F)F)c1Br. The van der Waals surface area contributed by atoms with Crippen molar-refractivity contribution in [2.24, 2.45) is 0 Å². The minimum Gasteiger partial charge on any atom is -0.456 e. The number of ether oxygens (including phenoxy) is 1. The first-order valence-electron chi connectivity index (χ1n) is 5.22. The zero-order valence-electron chi connectivity index (χ0n) is 10.4. The van der Waals surface area contributed by atoms with E-state index in [1.165, 1.54) is 20.8 Å². The van der Waals surface area contributed by atoms with Crippen molar-refractivity contribution in [3.05, 3.63) is 33.5 Å². The largest absolute Gasteiger partial charge is 0.456 e. The summed E-state index contributed by atoms with van der Waals surface area (Å²) in [5.74, 6) is -2.22. The van der Waals surface area contributed by atoms with Crippen molar-refractivity contribution in [3.8, 4) is 0 Å². The first-order chi connectivity index (χ1) is 8.43. The lowest BCUT2D eigenvalue weighted by molar-refractivity contribution is -0.138. The Balaban J connectivity index is 3.32. The summed E-state index contributed by atoms with van der Waals surface area (Å²) in [6, 6.07) is 1.15. The third-order valence-corrected chi connectivity index (χ3v) is 2.82. The molecule has 0 atom stereocenters. The number of carbonyl (C=O) groups is 1. The molecule has 0 N–H and O–H groups in total. The van der Waals surface area contributed by atoms with Gasteiger partial charge >= 0.3 is 12.1 Å². The van der Waals surface area contributed by atoms with Crippen molar-refractivity contribution >= 4 is 21.9 Å². The van der Waals surface area contributed by atoms with Crippen LogP contribution in [0.1, 0.15) is 36.7 Å². The lowest BCUT2D eigenvalue weighted by Gasteiger charge is -2.21. The lowest BCUT2D eigenvalue weighted by atomic mass is 10.1. The van der Waals surface area contributed by atoms with Gasteiger partial charge in [0.25, 0.3) is 0 Å². The molecule has 7 heteroatoms. The molecule has 1 aromatic carbocycles. The first-order valence-corrected chi connectivity index (χ1v) is 6.01. The Bertz CT molecular complexity index is 504. The second kappa shape index (κ2) is 5.11. The molecule has 0 saturated carbocycles. The molecular formula is C12H11BrF4O2. The molecule has 0 amide bonds. The Morgan fingerprint density at radius 2 is 1.74 bits per heavy atom. The monoisotopic (exact) mass is 342 g/mol. The summed E-state index contributed by atoms with van der Waals surface area (Å²) >= 11 is 2.62. The molecule has 0 unspecified atom stereocenters. The maximum absolute atomic E-state index is 13.5. The van der Waals surface area contributed by atoms with Crippen LogP contribution in [0.3, 0.4) is 0 Å². The second-order valence-corrected chi connectivity index (χ2v) is 5.58. The van der Waals surface area contributed by atoms with E-state index in [4.69, 9.17) is 4.74 Å². The number of rotatable bonds is 1. The van der Waals surface area contributed by atoms with E-state index in [0.717, 1.165) is 0 Å². The summed E-state index contributed by atoms with van der Waals surface area (Å²) < 4.78 is 55.7. The molecule has 0 aliphatic carbocycles. The van der Waals surface area contributed by atoms with Gasteiger partial charge < -0.3 is 4.74 Å². The van der Waals surface area contributed by atoms with Crippen molar-refractivity contribution in [2.45, 2.75) is 32.5 Å². The number of carbonyl (C=O) groups excluding carboxylic acids is 1. The quantitative estimate of drug-likeness (QED) is 0.552. The van der Waals surface area contributed by atoms with Gasteiger partial charge in [-0.15, -0.1) is 0 Å². The van der Waals surface area contributed by atoms with E-state index in [2.05, 4.69) is 15.9 Å². The van der Waals surface area contributed by atoms with Crippen LogP contribution in [0.2, 0.25) is 0 Å². The highest BCUT2D eigenvalue weighted by Gasteiger charge is 2.36. The number of hydrogen-bond donors (Lipinski definition) is 0. The Hall–Kier alpha value is -1.11. The maximum atomic E-state index is 13.5. The number of benzene rings is 1. The summed E-state index contributed by atoms with van der Waals surface area (Å²) in [6.07, 6.45) is -4.69. The molecule has 0 aromatic heterocycles. The molecular weight excluding hydrogens is 332 g/mol. The average molecular weight is 343 g/mol. The van der Waals surface area contributed by atoms with Crippen molar-refractivity contribution in [1.29, 1.82) is 0 Å². The minimum absolute atomic E-state index is 0.563. The lowest BCUT2D eigenvalue weighted by Crippen LogP contribution is -2.25. The summed E-state index contributed by atoms with van der Waals surface area (Å²) in [5.41, 5.74) is -2.82. The minimum atomic E-state index is -4.69. The fourth-order valence-electron chi connectivity index (χ4n) is 1.29. The van der Waals surface area contributed by atoms with Crippen LogP contribution in [0.5, 0.6) is 0 Å². The molecule has 1 rings (SSSR count). The van der Waals surface area contributed by atoms with Gasteiger partial charge in [0, 0.05) is 4.47 Å². The predicted octanol–water partition coefficient (Wildman–Crippen LogP) is 4.56. The fraction of sp³-hybridized carbons (Fsp3) is 0.417. The molecule has 0 saturated heterocycles. The predicted molar refractivity (Wildman–Crippen MR) is 64.3 cm³/mol. The van der Waals surface area contributed by atoms with Gasteiger partial charge in [0.1, 0.15) is 17.0 Å². The zero-order valence-corrected chi connectivity index (χ0v) is 11.9. The molecule has 1 aromatic rings. The fourth-order valence-corrected chi connectivity index (χ4v) is 2.00. The summed E-state index contributed by atoms with van der Waals surface area (Å²) in [7, 11) is 0. The van der Waals surface area contributed by atoms with Gasteiger partial charge in [0.2, 0.25) is 0 Å². The van der Waals surface area contributed by atoms with E-state index in [1.807, 2.05) is 0 Å². The molecule has 0 heterocycles. The third-order valence-electron chi connectivity index (χ3n) is 2.00. The van der Waals surface area contributed by atoms with Crippen molar-refractivity contribution in [2.75, 3.05) is 0 Å². The molecule has 0 radical (unpaired) electrons. The van der Waals surface area contributed by atoms with E-state index in [1.54, 1.807) is 0 Å². The number of alkyl halides is 3. The van der Waals surface area contributed by atoms with Gasteiger partial charge in [-0.2, -0.15) is 13.2 Å². The molecule has 0 fully saturated rings. The van der Waals surface area contributed by atoms with Gasteiger partial charge in [0.05, 0.1) is 5.56 Å². The Kier molecular flexibility index (Phi) is 4.29. The van der Waals surface area contributed by atoms with Gasteiger partial charge in [-0.3, -0.25) is 0 Å². The van der Waals surface area contributed by atoms with Crippen LogP contribution >= 0.6 is 15.9 Å². The number of hydrogen-bond acceptors (Lipinski definition) is 2. The van der Waals surface area contributed by atoms with E-state index in [0.29, 0.717) is 12.1 Å². The maximum Gasteiger partial charge on any atom is 0.417 e. The highest BCUT2D eigenvalue weighted by molar-refractivity contribution is 9.10. The standard InChI is InChI=1S/C12H11BrF4O2/c1-11(2,3)19-10(18)8-7(14)5-4-6(9(8)13)12(15,16)17/h4-5H,1-3H3. The Labute approximate surface area is 115 Å². The topological polar surface area (TPSA) is 26.3 Å². The highest BCUT2D eigenvalue weighted by atomic mass is 79.9. The molecule has 2 nitrogen and oxygen atoms in total. The summed E-state index contributed by atoms with van der Waals surface area (Å²) in [4.78, 5) is 11.7. The third kappa shape index (κ3) is 3.92. The van der Waals surface area contributed by atoms with Gasteiger partial charge in [-0.05, 0) is 48.8 Å². The van der Waals surface area contributed by atoms with Gasteiger partial charge in [-0.25, -0.2) is 9.18 Å². The van der Waals surface area contributed by atoms with Crippen molar-refractivity contribution in [1.82, 2.24) is 0 Å². The first kappa shape index (κ1) is 15.9. The summed E-state index contributed by atoms with van der Waals surface area (Å²) in [6.45, 7) is 4.60. The van der Waals surface area contributed by atoms with Crippen LogP contribution in [-0.2, 0) is 10.9 Å². The van der Waals surface area contributed by atoms with Crippen LogP contribution in [0.4, 0.5) is 17.6 Å². The second-order valence-electron chi connectivity index (χ2n) is 4.78. The molecule has 0 bridgehead atoms. The van der Waals surface area contributed by atoms with Crippen molar-refractivity contribution < 1.29 is 27.1 Å². The van der Waals surface area contributed by atoms with Gasteiger partial charge in [0.15, 0.2) is 0 Å².